The minimum absolute atomic E-state index is 0.724. The first-order chi connectivity index (χ1) is 10.2. The van der Waals surface area contributed by atoms with Crippen LogP contribution in [0.4, 0.5) is 5.82 Å². The van der Waals surface area contributed by atoms with Crippen LogP contribution in [0.2, 0.25) is 0 Å². The van der Waals surface area contributed by atoms with Crippen molar-refractivity contribution in [1.29, 1.82) is 0 Å². The predicted octanol–water partition coefficient (Wildman–Crippen LogP) is 4.11. The maximum atomic E-state index is 4.55. The number of nitrogens with one attached hydrogen (secondary N) is 1. The van der Waals surface area contributed by atoms with Crippen LogP contribution in [-0.4, -0.2) is 28.0 Å². The molecule has 21 heavy (non-hydrogen) atoms. The summed E-state index contributed by atoms with van der Waals surface area (Å²) in [5, 5.41) is 1.15. The van der Waals surface area contributed by atoms with Crippen molar-refractivity contribution in [2.45, 2.75) is 19.8 Å². The van der Waals surface area contributed by atoms with Gasteiger partial charge in [-0.25, -0.2) is 9.97 Å². The van der Waals surface area contributed by atoms with Gasteiger partial charge in [-0.05, 0) is 37.0 Å². The van der Waals surface area contributed by atoms with E-state index in [1.807, 2.05) is 6.07 Å². The summed E-state index contributed by atoms with van der Waals surface area (Å²) in [5.41, 5.74) is 3.18. The van der Waals surface area contributed by atoms with Crippen LogP contribution in [0.1, 0.15) is 19.8 Å². The van der Waals surface area contributed by atoms with E-state index < -0.39 is 0 Å². The van der Waals surface area contributed by atoms with Gasteiger partial charge in [0.2, 0.25) is 0 Å². The second kappa shape index (κ2) is 4.98. The van der Waals surface area contributed by atoms with Crippen LogP contribution in [0.15, 0.2) is 29.0 Å². The van der Waals surface area contributed by atoms with Crippen molar-refractivity contribution >= 4 is 43.7 Å². The van der Waals surface area contributed by atoms with E-state index in [1.54, 1.807) is 6.33 Å². The maximum absolute atomic E-state index is 4.55. The van der Waals surface area contributed by atoms with Gasteiger partial charge in [-0.15, -0.1) is 0 Å². The average molecular weight is 345 g/mol. The molecule has 5 heteroatoms. The van der Waals surface area contributed by atoms with Crippen LogP contribution in [0, 0.1) is 5.92 Å². The Morgan fingerprint density at radius 3 is 3.10 bits per heavy atom. The summed E-state index contributed by atoms with van der Waals surface area (Å²) in [7, 11) is 0. The molecule has 0 saturated carbocycles. The lowest BCUT2D eigenvalue weighted by Crippen LogP contribution is -2.35. The van der Waals surface area contributed by atoms with Gasteiger partial charge in [0, 0.05) is 28.5 Å². The molecule has 0 radical (unpaired) electrons. The molecule has 0 unspecified atom stereocenters. The topological polar surface area (TPSA) is 44.8 Å². The lowest BCUT2D eigenvalue weighted by molar-refractivity contribution is 0.445. The second-order valence-electron chi connectivity index (χ2n) is 5.93. The summed E-state index contributed by atoms with van der Waals surface area (Å²) >= 11 is 3.54. The Bertz CT molecular complexity index is 810. The fourth-order valence-corrected chi connectivity index (χ4v) is 3.63. The zero-order chi connectivity index (χ0) is 14.4. The highest BCUT2D eigenvalue weighted by molar-refractivity contribution is 9.10. The van der Waals surface area contributed by atoms with E-state index >= 15 is 0 Å². The van der Waals surface area contributed by atoms with E-state index in [4.69, 9.17) is 0 Å². The highest BCUT2D eigenvalue weighted by Gasteiger charge is 2.21. The summed E-state index contributed by atoms with van der Waals surface area (Å²) in [6.07, 6.45) is 4.23. The first-order valence-corrected chi connectivity index (χ1v) is 8.18. The van der Waals surface area contributed by atoms with Crippen LogP contribution in [0.3, 0.4) is 0 Å². The normalized spacial score (nSPS) is 19.5. The van der Waals surface area contributed by atoms with Crippen molar-refractivity contribution in [3.8, 4) is 0 Å². The molecule has 0 amide bonds. The van der Waals surface area contributed by atoms with Gasteiger partial charge in [-0.1, -0.05) is 22.9 Å². The lowest BCUT2D eigenvalue weighted by atomic mass is 10.0. The van der Waals surface area contributed by atoms with Crippen LogP contribution >= 0.6 is 15.9 Å². The van der Waals surface area contributed by atoms with Gasteiger partial charge in [0.05, 0.1) is 0 Å². The zero-order valence-corrected chi connectivity index (χ0v) is 13.5. The third-order valence-corrected chi connectivity index (χ3v) is 4.77. The minimum Gasteiger partial charge on any atom is -0.355 e. The van der Waals surface area contributed by atoms with Crippen LogP contribution in [-0.2, 0) is 0 Å². The number of nitrogens with zero attached hydrogens (tertiary/aromatic N) is 3. The lowest BCUT2D eigenvalue weighted by Gasteiger charge is -2.31. The number of anilines is 1. The second-order valence-corrected chi connectivity index (χ2v) is 6.84. The van der Waals surface area contributed by atoms with Gasteiger partial charge >= 0.3 is 0 Å². The number of fused-ring (bicyclic) bond motifs is 3. The molecule has 1 atom stereocenters. The van der Waals surface area contributed by atoms with E-state index in [-0.39, 0.29) is 0 Å². The van der Waals surface area contributed by atoms with Gasteiger partial charge in [0.15, 0.2) is 5.82 Å². The fourth-order valence-electron chi connectivity index (χ4n) is 3.27. The molecular weight excluding hydrogens is 328 g/mol. The molecular formula is C16H17BrN4. The smallest absolute Gasteiger partial charge is 0.156 e. The number of rotatable bonds is 1. The molecule has 1 saturated heterocycles. The Kier molecular flexibility index (Phi) is 3.10. The van der Waals surface area contributed by atoms with Gasteiger partial charge in [-0.2, -0.15) is 0 Å². The van der Waals surface area contributed by atoms with Crippen LogP contribution < -0.4 is 4.90 Å². The number of aromatic nitrogens is 3. The molecule has 3 aromatic rings. The summed E-state index contributed by atoms with van der Waals surface area (Å²) in [6, 6.07) is 6.25. The Labute approximate surface area is 131 Å². The number of benzene rings is 1. The summed E-state index contributed by atoms with van der Waals surface area (Å²) < 4.78 is 1.07. The molecule has 0 aliphatic carbocycles. The molecule has 0 spiro atoms. The van der Waals surface area contributed by atoms with Crippen molar-refractivity contribution in [2.75, 3.05) is 18.0 Å². The number of piperidine rings is 1. The van der Waals surface area contributed by atoms with Gasteiger partial charge in [0.1, 0.15) is 17.4 Å². The number of hydrogen-bond donors (Lipinski definition) is 1. The van der Waals surface area contributed by atoms with E-state index in [0.29, 0.717) is 0 Å². The monoisotopic (exact) mass is 344 g/mol. The van der Waals surface area contributed by atoms with E-state index in [2.05, 4.69) is 54.8 Å². The highest BCUT2D eigenvalue weighted by Crippen LogP contribution is 2.32. The van der Waals surface area contributed by atoms with Crippen LogP contribution in [0.25, 0.3) is 21.9 Å². The molecule has 1 aromatic carbocycles. The van der Waals surface area contributed by atoms with Crippen molar-refractivity contribution in [3.63, 3.8) is 0 Å². The van der Waals surface area contributed by atoms with Crippen molar-refractivity contribution in [3.05, 3.63) is 29.0 Å². The maximum Gasteiger partial charge on any atom is 0.156 e. The molecule has 4 nitrogen and oxygen atoms in total. The number of aromatic amines is 1. The third kappa shape index (κ3) is 2.20. The molecule has 1 aliphatic rings. The van der Waals surface area contributed by atoms with Gasteiger partial charge in [0.25, 0.3) is 0 Å². The highest BCUT2D eigenvalue weighted by atomic mass is 79.9. The van der Waals surface area contributed by atoms with Gasteiger partial charge < -0.3 is 9.88 Å². The number of hydrogen-bond acceptors (Lipinski definition) is 3. The SMILES string of the molecule is C[C@@H]1CCCN(c2ncnc3c2[nH]c2ccc(Br)cc23)C1. The third-order valence-electron chi connectivity index (χ3n) is 4.28. The summed E-state index contributed by atoms with van der Waals surface area (Å²) in [5.74, 6) is 1.76. The van der Waals surface area contributed by atoms with Crippen molar-refractivity contribution in [1.82, 2.24) is 15.0 Å². The fraction of sp³-hybridized carbons (Fsp3) is 0.375. The molecule has 3 heterocycles. The summed E-state index contributed by atoms with van der Waals surface area (Å²) in [4.78, 5) is 14.9. The van der Waals surface area contributed by atoms with Crippen LogP contribution in [0.5, 0.6) is 0 Å². The zero-order valence-electron chi connectivity index (χ0n) is 11.9. The van der Waals surface area contributed by atoms with E-state index in [1.165, 1.54) is 12.8 Å². The molecule has 1 aliphatic heterocycles. The average Bonchev–Trinajstić information content (AvgIpc) is 2.85. The van der Waals surface area contributed by atoms with Crippen molar-refractivity contribution in [2.24, 2.45) is 5.92 Å². The van der Waals surface area contributed by atoms with E-state index in [9.17, 15) is 0 Å². The Morgan fingerprint density at radius 1 is 1.33 bits per heavy atom. The molecule has 0 bridgehead atoms. The Hall–Kier alpha value is -1.62. The number of halogens is 1. The standard InChI is InChI=1S/C16H17BrN4/c1-10-3-2-6-21(8-10)16-15-14(18-9-19-16)12-7-11(17)4-5-13(12)20-15/h4-5,7,9-10,20H,2-3,6,8H2,1H3/t10-/m1/s1. The Balaban J connectivity index is 1.91. The van der Waals surface area contributed by atoms with Crippen molar-refractivity contribution < 1.29 is 0 Å². The first-order valence-electron chi connectivity index (χ1n) is 7.39. The molecule has 1 fully saturated rings. The summed E-state index contributed by atoms with van der Waals surface area (Å²) in [6.45, 7) is 4.47. The molecule has 2 aromatic heterocycles. The minimum atomic E-state index is 0.724. The predicted molar refractivity (Wildman–Crippen MR) is 89.7 cm³/mol. The van der Waals surface area contributed by atoms with Gasteiger partial charge in [-0.3, -0.25) is 0 Å². The Morgan fingerprint density at radius 2 is 2.24 bits per heavy atom. The quantitative estimate of drug-likeness (QED) is 0.722. The molecule has 108 valence electrons. The van der Waals surface area contributed by atoms with E-state index in [0.717, 1.165) is 51.2 Å². The first kappa shape index (κ1) is 13.1. The largest absolute Gasteiger partial charge is 0.355 e. The number of H-pyrrole nitrogens is 1. The molecule has 1 N–H and O–H groups in total. The molecule has 4 rings (SSSR count).